The molecule has 4 aromatic rings. The molecule has 0 aliphatic carbocycles. The van der Waals surface area contributed by atoms with Crippen molar-refractivity contribution in [1.82, 2.24) is 0 Å². The minimum atomic E-state index is -3.32. The van der Waals surface area contributed by atoms with Gasteiger partial charge in [0.2, 0.25) is 0 Å². The fraction of sp³-hybridized carbons (Fsp3) is 0.613. The van der Waals surface area contributed by atoms with Gasteiger partial charge in [-0.25, -0.2) is 0 Å². The van der Waals surface area contributed by atoms with Gasteiger partial charge in [0.25, 0.3) is 16.6 Å². The SMILES string of the molecule is C=C1CC2/C=C/C(C)C[C@H]3O[C@H]4[C@@H](O[Si](c5ccccc5)(c5ccccc5)C(C)(C)C)[C@H]5O[C@H](CC[C@@H]5O[C@H]4[C@H]3O[Si](c3ccccc3)(c3ccccc3)C(C)(C)C)CC(=O)CC3[C@H](CC4O[C@@H](CCC1O2)C[C@@H](C)C4=C)O[C@H](C[C@H](C)CO[Si](C)(C)C(C)(C)C)[C@@H]3C. The topological polar surface area (TPSA) is 100 Å². The summed E-state index contributed by atoms with van der Waals surface area (Å²) in [5.41, 5.74) is 2.26. The van der Waals surface area contributed by atoms with Crippen LogP contribution in [-0.2, 0) is 46.5 Å². The van der Waals surface area contributed by atoms with Gasteiger partial charge in [-0.05, 0) is 135 Å². The average Bonchev–Trinajstić information content (AvgIpc) is 1.29. The molecule has 506 valence electrons. The second-order valence-corrected chi connectivity index (χ2v) is 46.4. The van der Waals surface area contributed by atoms with Crippen LogP contribution in [0.3, 0.4) is 0 Å². The standard InChI is InChI=1S/C80H114O10Si3/c1-52-38-39-59-47-55(4)67(83-59)42-40-60-46-54(3)56(5)70(84-60)50-71-66(57(6)69(86-71)45-53(2)51-82-91(16,17)78(7,8)9)49-58(81)48-61-41-43-68-73(85-61)77(90-93(80(13,14)15,64-34-26-20-27-35-64)65-36-28-21-29-37-65)76-75(87-68)74(72(44-52)88-76)89-92(79(10,11)12,62-30-22-18-23-31-62)63-32-24-19-25-33-63/h18-39,52-54,57,59-61,66-77H,4-5,40-51H2,1-3,6-17H3/b39-38+/t52?,53-,54+,57+,59?,60-,61+,66?,67?,68-,69+,70?,71-,72+,73-,74-,75-,76+,77-/m0/s1. The van der Waals surface area contributed by atoms with Crippen molar-refractivity contribution in [2.75, 3.05) is 6.61 Å². The molecule has 8 bridgehead atoms. The molecule has 6 saturated heterocycles. The predicted octanol–water partition coefficient (Wildman–Crippen LogP) is 15.2. The van der Waals surface area contributed by atoms with Crippen LogP contribution in [0.1, 0.15) is 161 Å². The molecule has 0 aromatic heterocycles. The lowest BCUT2D eigenvalue weighted by Gasteiger charge is -2.53. The summed E-state index contributed by atoms with van der Waals surface area (Å²) >= 11 is 0. The maximum Gasteiger partial charge on any atom is 0.261 e. The maximum absolute atomic E-state index is 15.4. The molecule has 13 heteroatoms. The lowest BCUT2D eigenvalue weighted by atomic mass is 9.78. The summed E-state index contributed by atoms with van der Waals surface area (Å²) in [6, 6.07) is 43.8. The Morgan fingerprint density at radius 1 is 0.527 bits per heavy atom. The number of ether oxygens (including phenoxy) is 6. The van der Waals surface area contributed by atoms with Crippen LogP contribution in [0.2, 0.25) is 28.2 Å². The molecular weight excluding hydrogens is 1210 g/mol. The molecule has 10 nitrogen and oxygen atoms in total. The highest BCUT2D eigenvalue weighted by Gasteiger charge is 2.65. The van der Waals surface area contributed by atoms with Crippen LogP contribution in [0.25, 0.3) is 0 Å². The van der Waals surface area contributed by atoms with Gasteiger partial charge in [-0.1, -0.05) is 237 Å². The van der Waals surface area contributed by atoms with E-state index in [4.69, 9.17) is 48.3 Å². The fourth-order valence-corrected chi connectivity index (χ4v) is 27.4. The number of carbonyl (C=O) groups is 1. The molecule has 0 radical (unpaired) electrons. The first-order valence-electron chi connectivity index (χ1n) is 35.8. The maximum atomic E-state index is 15.4. The molecule has 19 atom stereocenters. The van der Waals surface area contributed by atoms with E-state index in [1.807, 2.05) is 0 Å². The average molecular weight is 1320 g/mol. The van der Waals surface area contributed by atoms with E-state index < -0.39 is 61.6 Å². The van der Waals surface area contributed by atoms with Gasteiger partial charge >= 0.3 is 0 Å². The molecule has 0 saturated carbocycles. The molecule has 0 amide bonds. The van der Waals surface area contributed by atoms with Crippen molar-refractivity contribution >= 4 is 51.5 Å². The van der Waals surface area contributed by atoms with Crippen molar-refractivity contribution in [3.8, 4) is 0 Å². The molecule has 4 aromatic carbocycles. The minimum absolute atomic E-state index is 0.0159. The quantitative estimate of drug-likeness (QED) is 0.0950. The van der Waals surface area contributed by atoms with Crippen molar-refractivity contribution in [3.05, 3.63) is 158 Å². The fourth-order valence-electron chi connectivity index (χ4n) is 16.9. The second kappa shape index (κ2) is 28.5. The van der Waals surface area contributed by atoms with Crippen LogP contribution in [0, 0.1) is 29.6 Å². The summed E-state index contributed by atoms with van der Waals surface area (Å²) in [5, 5.41) is 4.20. The van der Waals surface area contributed by atoms with Crippen LogP contribution >= 0.6 is 0 Å². The van der Waals surface area contributed by atoms with Crippen molar-refractivity contribution in [1.29, 1.82) is 0 Å². The van der Waals surface area contributed by atoms with Gasteiger partial charge in [-0.3, -0.25) is 4.79 Å². The van der Waals surface area contributed by atoms with Gasteiger partial charge in [0.15, 0.2) is 8.32 Å². The molecule has 0 N–H and O–H groups in total. The van der Waals surface area contributed by atoms with E-state index in [2.05, 4.69) is 243 Å². The Balaban J connectivity index is 0.999. The third-order valence-electron chi connectivity index (χ3n) is 23.2. The highest BCUT2D eigenvalue weighted by molar-refractivity contribution is 7.00. The Morgan fingerprint density at radius 2 is 1.05 bits per heavy atom. The van der Waals surface area contributed by atoms with E-state index in [9.17, 15) is 0 Å². The molecule has 0 spiro atoms. The normalized spacial score (nSPS) is 34.2. The summed E-state index contributed by atoms with van der Waals surface area (Å²) in [6.07, 6.45) is 7.86. The molecule has 11 rings (SSSR count). The van der Waals surface area contributed by atoms with Crippen molar-refractivity contribution < 1.29 is 46.5 Å². The second-order valence-electron chi connectivity index (χ2n) is 33.1. The van der Waals surface area contributed by atoms with Crippen LogP contribution in [-0.4, -0.2) is 123 Å². The first-order chi connectivity index (χ1) is 44.1. The molecule has 6 fully saturated rings. The lowest BCUT2D eigenvalue weighted by molar-refractivity contribution is -0.254. The smallest absolute Gasteiger partial charge is 0.261 e. The molecule has 7 aliphatic heterocycles. The van der Waals surface area contributed by atoms with E-state index in [0.29, 0.717) is 38.7 Å². The van der Waals surface area contributed by atoms with Gasteiger partial charge < -0.3 is 41.7 Å². The zero-order valence-corrected chi connectivity index (χ0v) is 62.2. The van der Waals surface area contributed by atoms with Crippen LogP contribution in [0.15, 0.2) is 158 Å². The van der Waals surface area contributed by atoms with Gasteiger partial charge in [-0.2, -0.15) is 0 Å². The summed E-state index contributed by atoms with van der Waals surface area (Å²) < 4.78 is 68.4. The minimum Gasteiger partial charge on any atom is -0.417 e. The number of hydrogen-bond donors (Lipinski definition) is 0. The molecule has 7 heterocycles. The van der Waals surface area contributed by atoms with E-state index in [-0.39, 0.29) is 106 Å². The Morgan fingerprint density at radius 3 is 1.60 bits per heavy atom. The van der Waals surface area contributed by atoms with E-state index in [1.54, 1.807) is 0 Å². The summed E-state index contributed by atoms with van der Waals surface area (Å²) in [5.74, 6) is 0.956. The Labute approximate surface area is 563 Å². The summed E-state index contributed by atoms with van der Waals surface area (Å²) in [4.78, 5) is 15.4. The van der Waals surface area contributed by atoms with E-state index in [1.165, 1.54) is 20.7 Å². The van der Waals surface area contributed by atoms with Gasteiger partial charge in [0.1, 0.15) is 36.3 Å². The molecule has 93 heavy (non-hydrogen) atoms. The third kappa shape index (κ3) is 14.8. The third-order valence-corrected chi connectivity index (χ3v) is 37.7. The molecular formula is C80H114O10Si3. The van der Waals surface area contributed by atoms with Crippen LogP contribution in [0.5, 0.6) is 0 Å². The Hall–Kier alpha value is -3.94. The number of allylic oxidation sites excluding steroid dienone is 1. The summed E-state index contributed by atoms with van der Waals surface area (Å²) in [7, 11) is -8.52. The lowest BCUT2D eigenvalue weighted by Crippen LogP contribution is -2.73. The van der Waals surface area contributed by atoms with Crippen molar-refractivity contribution in [3.63, 3.8) is 0 Å². The van der Waals surface area contributed by atoms with Crippen molar-refractivity contribution in [2.24, 2.45) is 29.6 Å². The Kier molecular flexibility index (Phi) is 21.6. The molecule has 7 aliphatic rings. The van der Waals surface area contributed by atoms with Gasteiger partial charge in [0, 0.05) is 32.3 Å². The van der Waals surface area contributed by atoms with Gasteiger partial charge in [0.05, 0.1) is 54.9 Å². The monoisotopic (exact) mass is 1320 g/mol. The zero-order chi connectivity index (χ0) is 66.4. The number of hydrogen-bond acceptors (Lipinski definition) is 10. The number of rotatable bonds is 13. The van der Waals surface area contributed by atoms with Gasteiger partial charge in [-0.15, -0.1) is 0 Å². The highest BCUT2D eigenvalue weighted by atomic mass is 28.4. The van der Waals surface area contributed by atoms with Crippen LogP contribution in [0.4, 0.5) is 0 Å². The van der Waals surface area contributed by atoms with Crippen molar-refractivity contribution in [2.45, 2.75) is 274 Å². The number of carbonyl (C=O) groups excluding carboxylic acids is 1. The Bertz CT molecular complexity index is 3100. The highest BCUT2D eigenvalue weighted by Crippen LogP contribution is 2.50. The zero-order valence-electron chi connectivity index (χ0n) is 59.2. The number of benzene rings is 4. The predicted molar refractivity (Wildman–Crippen MR) is 383 cm³/mol. The largest absolute Gasteiger partial charge is 0.417 e. The first kappa shape index (κ1) is 70.4. The number of fused-ring (bicyclic) bond motifs is 7. The first-order valence-corrected chi connectivity index (χ1v) is 42.5. The van der Waals surface area contributed by atoms with E-state index >= 15 is 4.79 Å². The molecule has 5 unspecified atom stereocenters. The number of Topliss-reactive ketones (excluding diaryl/α,β-unsaturated/α-hetero) is 1. The van der Waals surface area contributed by atoms with E-state index in [0.717, 1.165) is 43.3 Å². The van der Waals surface area contributed by atoms with Crippen LogP contribution < -0.4 is 20.7 Å². The summed E-state index contributed by atoms with van der Waals surface area (Å²) in [6.45, 7) is 44.9. The number of ketones is 1.